The Hall–Kier alpha value is -2.32. The molecule has 0 aromatic heterocycles. The van der Waals surface area contributed by atoms with Crippen LogP contribution in [0.15, 0.2) is 85.1 Å². The van der Waals surface area contributed by atoms with Gasteiger partial charge in [0.25, 0.3) is 7.82 Å². The van der Waals surface area contributed by atoms with E-state index in [0.717, 1.165) is 77.0 Å². The maximum atomic E-state index is 12.9. The molecule has 0 fully saturated rings. The van der Waals surface area contributed by atoms with Crippen LogP contribution in [0.3, 0.4) is 0 Å². The van der Waals surface area contributed by atoms with E-state index >= 15 is 0 Å². The largest absolute Gasteiger partial charge is 0.756 e. The fourth-order valence-electron chi connectivity index (χ4n) is 8.63. The summed E-state index contributed by atoms with van der Waals surface area (Å²) in [7, 11) is 1.26. The number of hydrogen-bond acceptors (Lipinski definition) is 6. The SMILES string of the molecule is CC/C=C\C/C=C\C/C=C\C/C=C\C/C=C\C/C=C\CCCCCCCCCCCCCCCCCCCCCCC(=O)NC(COP(=O)([O-])OCC[N+](C)(C)C)C(O)/C=C/CCCCCCCCCCCC. The van der Waals surface area contributed by atoms with Gasteiger partial charge in [0, 0.05) is 6.42 Å². The number of nitrogens with zero attached hydrogens (tertiary/aromatic N) is 1. The number of quaternary nitrogens is 1. The first-order chi connectivity index (χ1) is 35.5. The lowest BCUT2D eigenvalue weighted by atomic mass is 10.0. The smallest absolute Gasteiger partial charge is 0.268 e. The van der Waals surface area contributed by atoms with Gasteiger partial charge in [0.1, 0.15) is 13.2 Å². The Balaban J connectivity index is 3.92. The minimum absolute atomic E-state index is 0.00177. The van der Waals surface area contributed by atoms with E-state index in [9.17, 15) is 19.4 Å². The van der Waals surface area contributed by atoms with E-state index < -0.39 is 20.0 Å². The average Bonchev–Trinajstić information content (AvgIpc) is 3.35. The highest BCUT2D eigenvalue weighted by Crippen LogP contribution is 2.38. The van der Waals surface area contributed by atoms with Crippen molar-refractivity contribution in [3.63, 3.8) is 0 Å². The Bertz CT molecular complexity index is 1460. The first-order valence-electron chi connectivity index (χ1n) is 30.4. The summed E-state index contributed by atoms with van der Waals surface area (Å²) >= 11 is 0. The number of allylic oxidation sites excluding steroid dienone is 13. The number of carbonyl (C=O) groups is 1. The summed E-state index contributed by atoms with van der Waals surface area (Å²) < 4.78 is 23.3. The van der Waals surface area contributed by atoms with E-state index in [0.29, 0.717) is 17.4 Å². The van der Waals surface area contributed by atoms with E-state index in [-0.39, 0.29) is 19.1 Å². The molecule has 1 amide bonds. The number of carbonyl (C=O) groups excluding carboxylic acids is 1. The van der Waals surface area contributed by atoms with Gasteiger partial charge in [-0.15, -0.1) is 0 Å². The molecule has 0 saturated heterocycles. The molecule has 73 heavy (non-hydrogen) atoms. The van der Waals surface area contributed by atoms with Gasteiger partial charge in [0.15, 0.2) is 0 Å². The van der Waals surface area contributed by atoms with Gasteiger partial charge in [0.2, 0.25) is 5.91 Å². The Kier molecular flexibility index (Phi) is 52.7. The highest BCUT2D eigenvalue weighted by atomic mass is 31.2. The van der Waals surface area contributed by atoms with E-state index in [1.54, 1.807) is 6.08 Å². The van der Waals surface area contributed by atoms with E-state index in [2.05, 4.69) is 92.1 Å². The number of rotatable bonds is 55. The third-order valence-electron chi connectivity index (χ3n) is 13.4. The van der Waals surface area contributed by atoms with Gasteiger partial charge in [-0.05, 0) is 70.6 Å². The molecular formula is C64H117N2O6P. The van der Waals surface area contributed by atoms with Gasteiger partial charge < -0.3 is 28.8 Å². The number of unbranched alkanes of at least 4 members (excludes halogenated alkanes) is 30. The summed E-state index contributed by atoms with van der Waals surface area (Å²) in [6, 6.07) is -0.887. The zero-order valence-electron chi connectivity index (χ0n) is 48.3. The van der Waals surface area contributed by atoms with Crippen molar-refractivity contribution in [3.8, 4) is 0 Å². The molecule has 0 aromatic carbocycles. The molecule has 0 bridgehead atoms. The fourth-order valence-corrected chi connectivity index (χ4v) is 9.35. The predicted molar refractivity (Wildman–Crippen MR) is 316 cm³/mol. The molecule has 3 unspecified atom stereocenters. The molecule has 8 nitrogen and oxygen atoms in total. The highest BCUT2D eigenvalue weighted by molar-refractivity contribution is 7.45. The monoisotopic (exact) mass is 1040 g/mol. The molecule has 0 rings (SSSR count). The molecule has 2 N–H and O–H groups in total. The lowest BCUT2D eigenvalue weighted by molar-refractivity contribution is -0.870. The molecule has 0 spiro atoms. The number of aliphatic hydroxyl groups excluding tert-OH is 1. The predicted octanol–water partition coefficient (Wildman–Crippen LogP) is 18.2. The second kappa shape index (κ2) is 54.5. The topological polar surface area (TPSA) is 108 Å². The zero-order chi connectivity index (χ0) is 53.5. The molecule has 424 valence electrons. The van der Waals surface area contributed by atoms with Gasteiger partial charge in [-0.25, -0.2) is 0 Å². The van der Waals surface area contributed by atoms with Crippen LogP contribution in [0, 0.1) is 0 Å². The molecule has 0 aliphatic rings. The minimum Gasteiger partial charge on any atom is -0.756 e. The van der Waals surface area contributed by atoms with Crippen LogP contribution in [0.25, 0.3) is 0 Å². The molecule has 0 heterocycles. The molecular weight excluding hydrogens is 924 g/mol. The Labute approximate surface area is 452 Å². The number of aliphatic hydroxyl groups is 1. The molecule has 0 aromatic rings. The number of phosphoric acid groups is 1. The number of hydrogen-bond donors (Lipinski definition) is 2. The van der Waals surface area contributed by atoms with Crippen molar-refractivity contribution in [3.05, 3.63) is 85.1 Å². The molecule has 3 atom stereocenters. The van der Waals surface area contributed by atoms with Gasteiger partial charge in [-0.3, -0.25) is 9.36 Å². The molecule has 0 saturated carbocycles. The van der Waals surface area contributed by atoms with Crippen LogP contribution in [0.4, 0.5) is 0 Å². The van der Waals surface area contributed by atoms with Crippen molar-refractivity contribution < 1.29 is 32.9 Å². The maximum Gasteiger partial charge on any atom is 0.268 e. The third-order valence-corrected chi connectivity index (χ3v) is 14.3. The first-order valence-corrected chi connectivity index (χ1v) is 31.9. The van der Waals surface area contributed by atoms with Crippen molar-refractivity contribution in [1.82, 2.24) is 5.32 Å². The molecule has 0 radical (unpaired) electrons. The summed E-state index contributed by atoms with van der Waals surface area (Å²) in [6.07, 6.45) is 76.9. The van der Waals surface area contributed by atoms with Crippen molar-refractivity contribution in [1.29, 1.82) is 0 Å². The van der Waals surface area contributed by atoms with Crippen LogP contribution >= 0.6 is 7.82 Å². The number of likely N-dealkylation sites (N-methyl/N-ethyl adjacent to an activating group) is 1. The van der Waals surface area contributed by atoms with Crippen molar-refractivity contribution in [2.45, 2.75) is 276 Å². The fraction of sp³-hybridized carbons (Fsp3) is 0.766. The van der Waals surface area contributed by atoms with E-state index in [4.69, 9.17) is 9.05 Å². The maximum absolute atomic E-state index is 12.9. The van der Waals surface area contributed by atoms with Crippen molar-refractivity contribution in [2.75, 3.05) is 40.9 Å². The van der Waals surface area contributed by atoms with Gasteiger partial charge in [-0.1, -0.05) is 272 Å². The second-order valence-corrected chi connectivity index (χ2v) is 23.1. The second-order valence-electron chi connectivity index (χ2n) is 21.7. The minimum atomic E-state index is -4.59. The van der Waals surface area contributed by atoms with Crippen LogP contribution in [0.2, 0.25) is 0 Å². The van der Waals surface area contributed by atoms with Gasteiger partial charge >= 0.3 is 0 Å². The van der Waals surface area contributed by atoms with Crippen molar-refractivity contribution in [2.24, 2.45) is 0 Å². The zero-order valence-corrected chi connectivity index (χ0v) is 49.2. The lowest BCUT2D eigenvalue weighted by Gasteiger charge is -2.29. The van der Waals surface area contributed by atoms with Gasteiger partial charge in [-0.2, -0.15) is 0 Å². The summed E-state index contributed by atoms with van der Waals surface area (Å²) in [6.45, 7) is 4.53. The molecule has 0 aliphatic carbocycles. The standard InChI is InChI=1S/C64H117N2O6P/c1-6-8-10-12-14-16-18-20-21-22-23-24-25-26-27-28-29-30-31-32-33-34-35-36-37-38-39-40-41-42-43-44-45-46-48-50-52-54-56-58-64(68)65-62(61-72-73(69,70)71-60-59-66(3,4)5)63(67)57-55-53-51-49-47-19-17-15-13-11-9-7-2/h8,10,14,16,20-21,23-24,26-27,29-30,55,57,62-63,67H,6-7,9,11-13,15,17-19,22,25,28,31-54,56,58-61H2,1-5H3,(H-,65,68,69,70)/b10-8-,16-14-,21-20-,24-23-,27-26-,30-29-,57-55+. The summed E-state index contributed by atoms with van der Waals surface area (Å²) in [5.41, 5.74) is 0. The normalized spacial score (nSPS) is 14.5. The van der Waals surface area contributed by atoms with Gasteiger partial charge in [0.05, 0.1) is 39.9 Å². The van der Waals surface area contributed by atoms with Crippen LogP contribution in [0.5, 0.6) is 0 Å². The summed E-state index contributed by atoms with van der Waals surface area (Å²) in [5.74, 6) is -0.197. The number of phosphoric ester groups is 1. The van der Waals surface area contributed by atoms with Crippen LogP contribution in [0.1, 0.15) is 264 Å². The lowest BCUT2D eigenvalue weighted by Crippen LogP contribution is -2.45. The Morgan fingerprint density at radius 2 is 0.836 bits per heavy atom. The van der Waals surface area contributed by atoms with Crippen molar-refractivity contribution >= 4 is 13.7 Å². The van der Waals surface area contributed by atoms with Crippen LogP contribution < -0.4 is 10.2 Å². The quantitative estimate of drug-likeness (QED) is 0.0272. The summed E-state index contributed by atoms with van der Waals surface area (Å²) in [4.78, 5) is 25.4. The van der Waals surface area contributed by atoms with E-state index in [1.807, 2.05) is 27.2 Å². The Morgan fingerprint density at radius 1 is 0.493 bits per heavy atom. The third kappa shape index (κ3) is 57.2. The highest BCUT2D eigenvalue weighted by Gasteiger charge is 2.23. The number of nitrogens with one attached hydrogen (secondary N) is 1. The Morgan fingerprint density at radius 3 is 1.22 bits per heavy atom. The number of amides is 1. The van der Waals surface area contributed by atoms with Crippen LogP contribution in [-0.4, -0.2) is 68.5 Å². The average molecular weight is 1040 g/mol. The first kappa shape index (κ1) is 70.7. The van der Waals surface area contributed by atoms with Crippen LogP contribution in [-0.2, 0) is 18.4 Å². The van der Waals surface area contributed by atoms with E-state index in [1.165, 1.54) is 167 Å². The molecule has 0 aliphatic heterocycles. The molecule has 9 heteroatoms. The summed E-state index contributed by atoms with van der Waals surface area (Å²) in [5, 5.41) is 13.8.